The molecule has 1 heterocycles. The third kappa shape index (κ3) is 3.58. The molecule has 3 nitrogen and oxygen atoms in total. The molecule has 0 radical (unpaired) electrons. The van der Waals surface area contributed by atoms with Crippen LogP contribution in [0.15, 0.2) is 24.3 Å². The number of piperazine rings is 1. The molecule has 1 N–H and O–H groups in total. The zero-order valence-electron chi connectivity index (χ0n) is 13.3. The summed E-state index contributed by atoms with van der Waals surface area (Å²) in [5, 5.41) is 3.46. The van der Waals surface area contributed by atoms with Gasteiger partial charge in [0.2, 0.25) is 0 Å². The Morgan fingerprint density at radius 3 is 2.48 bits per heavy atom. The van der Waals surface area contributed by atoms with E-state index in [-0.39, 0.29) is 6.10 Å². The number of benzene rings is 1. The molecule has 2 fully saturated rings. The Kier molecular flexibility index (Phi) is 4.81. The first-order chi connectivity index (χ1) is 10.2. The Morgan fingerprint density at radius 1 is 1.10 bits per heavy atom. The van der Waals surface area contributed by atoms with Crippen LogP contribution >= 0.6 is 0 Å². The van der Waals surface area contributed by atoms with Gasteiger partial charge in [-0.2, -0.15) is 0 Å². The SMILES string of the molecule is CC(C)Oc1ccc([C@H]2CCC[C@H]2N2CCNCC2)cc1. The topological polar surface area (TPSA) is 24.5 Å². The van der Waals surface area contributed by atoms with E-state index in [4.69, 9.17) is 4.74 Å². The van der Waals surface area contributed by atoms with Crippen molar-refractivity contribution in [2.45, 2.75) is 51.2 Å². The molecule has 2 aliphatic rings. The van der Waals surface area contributed by atoms with Gasteiger partial charge in [-0.05, 0) is 50.3 Å². The van der Waals surface area contributed by atoms with Crippen LogP contribution in [0.1, 0.15) is 44.6 Å². The first kappa shape index (κ1) is 14.9. The van der Waals surface area contributed by atoms with Gasteiger partial charge in [-0.1, -0.05) is 18.6 Å². The lowest BCUT2D eigenvalue weighted by atomic mass is 9.92. The van der Waals surface area contributed by atoms with Crippen LogP contribution in [0.2, 0.25) is 0 Å². The van der Waals surface area contributed by atoms with Crippen molar-refractivity contribution >= 4 is 0 Å². The molecule has 1 aromatic carbocycles. The zero-order valence-corrected chi connectivity index (χ0v) is 13.3. The lowest BCUT2D eigenvalue weighted by Gasteiger charge is -2.36. The van der Waals surface area contributed by atoms with E-state index in [0.717, 1.165) is 24.9 Å². The average Bonchev–Trinajstić information content (AvgIpc) is 2.98. The van der Waals surface area contributed by atoms with Crippen LogP contribution in [0, 0.1) is 0 Å². The summed E-state index contributed by atoms with van der Waals surface area (Å²) < 4.78 is 5.76. The maximum absolute atomic E-state index is 5.76. The molecule has 3 heteroatoms. The van der Waals surface area contributed by atoms with Crippen LogP contribution in [-0.2, 0) is 0 Å². The minimum atomic E-state index is 0.246. The Morgan fingerprint density at radius 2 is 1.81 bits per heavy atom. The molecule has 3 rings (SSSR count). The van der Waals surface area contributed by atoms with Gasteiger partial charge in [0.25, 0.3) is 0 Å². The van der Waals surface area contributed by atoms with E-state index in [9.17, 15) is 0 Å². The van der Waals surface area contributed by atoms with Crippen LogP contribution in [-0.4, -0.2) is 43.2 Å². The van der Waals surface area contributed by atoms with Crippen LogP contribution in [0.5, 0.6) is 5.75 Å². The third-order valence-corrected chi connectivity index (χ3v) is 4.78. The van der Waals surface area contributed by atoms with Gasteiger partial charge in [0.15, 0.2) is 0 Å². The van der Waals surface area contributed by atoms with E-state index < -0.39 is 0 Å². The van der Waals surface area contributed by atoms with Crippen molar-refractivity contribution in [2.24, 2.45) is 0 Å². The minimum Gasteiger partial charge on any atom is -0.491 e. The Balaban J connectivity index is 1.69. The van der Waals surface area contributed by atoms with Gasteiger partial charge < -0.3 is 10.1 Å². The van der Waals surface area contributed by atoms with Crippen LogP contribution in [0.4, 0.5) is 0 Å². The first-order valence-electron chi connectivity index (χ1n) is 8.45. The fraction of sp³-hybridized carbons (Fsp3) is 0.667. The number of nitrogens with zero attached hydrogens (tertiary/aromatic N) is 1. The van der Waals surface area contributed by atoms with Gasteiger partial charge in [-0.15, -0.1) is 0 Å². The van der Waals surface area contributed by atoms with E-state index >= 15 is 0 Å². The quantitative estimate of drug-likeness (QED) is 0.922. The maximum Gasteiger partial charge on any atom is 0.119 e. The van der Waals surface area contributed by atoms with Crippen molar-refractivity contribution < 1.29 is 4.74 Å². The number of hydrogen-bond donors (Lipinski definition) is 1. The molecule has 0 bridgehead atoms. The second kappa shape index (κ2) is 6.80. The smallest absolute Gasteiger partial charge is 0.119 e. The third-order valence-electron chi connectivity index (χ3n) is 4.78. The Labute approximate surface area is 128 Å². The molecule has 1 saturated heterocycles. The fourth-order valence-electron chi connectivity index (χ4n) is 3.85. The number of hydrogen-bond acceptors (Lipinski definition) is 3. The number of rotatable bonds is 4. The molecule has 1 aliphatic heterocycles. The van der Waals surface area contributed by atoms with E-state index in [1.54, 1.807) is 0 Å². The fourth-order valence-corrected chi connectivity index (χ4v) is 3.85. The summed E-state index contributed by atoms with van der Waals surface area (Å²) >= 11 is 0. The summed E-state index contributed by atoms with van der Waals surface area (Å²) in [6, 6.07) is 9.58. The van der Waals surface area contributed by atoms with E-state index in [2.05, 4.69) is 48.3 Å². The van der Waals surface area contributed by atoms with Gasteiger partial charge in [-0.25, -0.2) is 0 Å². The lowest BCUT2D eigenvalue weighted by molar-refractivity contribution is 0.163. The normalized spacial score (nSPS) is 27.2. The highest BCUT2D eigenvalue weighted by Gasteiger charge is 2.33. The average molecular weight is 288 g/mol. The summed E-state index contributed by atoms with van der Waals surface area (Å²) in [6.45, 7) is 8.84. The van der Waals surface area contributed by atoms with E-state index in [1.807, 2.05) is 0 Å². The second-order valence-corrected chi connectivity index (χ2v) is 6.63. The molecule has 0 unspecified atom stereocenters. The molecular weight excluding hydrogens is 260 g/mol. The molecular formula is C18H28N2O. The van der Waals surface area contributed by atoms with Crippen molar-refractivity contribution in [3.63, 3.8) is 0 Å². The van der Waals surface area contributed by atoms with Crippen molar-refractivity contribution in [1.82, 2.24) is 10.2 Å². The van der Waals surface area contributed by atoms with Crippen LogP contribution in [0.25, 0.3) is 0 Å². The monoisotopic (exact) mass is 288 g/mol. The number of nitrogens with one attached hydrogen (secondary N) is 1. The predicted octanol–water partition coefficient (Wildman–Crippen LogP) is 3.02. The molecule has 0 amide bonds. The predicted molar refractivity (Wildman–Crippen MR) is 87.0 cm³/mol. The zero-order chi connectivity index (χ0) is 14.7. The van der Waals surface area contributed by atoms with Crippen LogP contribution in [0.3, 0.4) is 0 Å². The molecule has 1 aliphatic carbocycles. The summed E-state index contributed by atoms with van der Waals surface area (Å²) in [7, 11) is 0. The summed E-state index contributed by atoms with van der Waals surface area (Å²) in [4.78, 5) is 2.70. The van der Waals surface area contributed by atoms with Crippen LogP contribution < -0.4 is 10.1 Å². The minimum absolute atomic E-state index is 0.246. The van der Waals surface area contributed by atoms with Crippen molar-refractivity contribution in [1.29, 1.82) is 0 Å². The number of ether oxygens (including phenoxy) is 1. The highest BCUT2D eigenvalue weighted by molar-refractivity contribution is 5.31. The van der Waals surface area contributed by atoms with Gasteiger partial charge in [0, 0.05) is 32.2 Å². The van der Waals surface area contributed by atoms with Gasteiger partial charge in [0.1, 0.15) is 5.75 Å². The molecule has 21 heavy (non-hydrogen) atoms. The molecule has 0 aromatic heterocycles. The summed E-state index contributed by atoms with van der Waals surface area (Å²) in [6.07, 6.45) is 4.30. The van der Waals surface area contributed by atoms with E-state index in [0.29, 0.717) is 5.92 Å². The standard InChI is InChI=1S/C18H28N2O/c1-14(2)21-16-8-6-15(7-9-16)17-4-3-5-18(17)20-12-10-19-11-13-20/h6-9,14,17-19H,3-5,10-13H2,1-2H3/t17-,18-/m1/s1. The lowest BCUT2D eigenvalue weighted by Crippen LogP contribution is -2.49. The molecule has 2 atom stereocenters. The molecule has 1 aromatic rings. The first-order valence-corrected chi connectivity index (χ1v) is 8.45. The van der Waals surface area contributed by atoms with Gasteiger partial charge >= 0.3 is 0 Å². The van der Waals surface area contributed by atoms with Gasteiger partial charge in [0.05, 0.1) is 6.10 Å². The molecule has 0 spiro atoms. The van der Waals surface area contributed by atoms with Gasteiger partial charge in [-0.3, -0.25) is 4.90 Å². The second-order valence-electron chi connectivity index (χ2n) is 6.63. The largest absolute Gasteiger partial charge is 0.491 e. The van der Waals surface area contributed by atoms with Crippen molar-refractivity contribution in [3.05, 3.63) is 29.8 Å². The Hall–Kier alpha value is -1.06. The van der Waals surface area contributed by atoms with E-state index in [1.165, 1.54) is 37.9 Å². The highest BCUT2D eigenvalue weighted by atomic mass is 16.5. The van der Waals surface area contributed by atoms with Crippen molar-refractivity contribution in [2.75, 3.05) is 26.2 Å². The highest BCUT2D eigenvalue weighted by Crippen LogP contribution is 2.38. The van der Waals surface area contributed by atoms with Crippen molar-refractivity contribution in [3.8, 4) is 5.75 Å². The molecule has 116 valence electrons. The summed E-state index contributed by atoms with van der Waals surface area (Å²) in [5.41, 5.74) is 1.49. The summed E-state index contributed by atoms with van der Waals surface area (Å²) in [5.74, 6) is 1.70. The molecule has 1 saturated carbocycles. The maximum atomic E-state index is 5.76. The Bertz CT molecular complexity index is 437.